The Morgan fingerprint density at radius 1 is 1.56 bits per heavy atom. The zero-order valence-corrected chi connectivity index (χ0v) is 10.8. The van der Waals surface area contributed by atoms with Gasteiger partial charge in [0.25, 0.3) is 5.91 Å². The molecule has 0 bridgehead atoms. The molecule has 2 aromatic heterocycles. The molecule has 18 heavy (non-hydrogen) atoms. The van der Waals surface area contributed by atoms with Gasteiger partial charge < -0.3 is 9.73 Å². The highest BCUT2D eigenvalue weighted by Gasteiger charge is 2.15. The Hall–Kier alpha value is -2.04. The highest BCUT2D eigenvalue weighted by Crippen LogP contribution is 2.18. The van der Waals surface area contributed by atoms with Crippen LogP contribution in [0.1, 0.15) is 24.3 Å². The molecule has 0 aromatic carbocycles. The van der Waals surface area contributed by atoms with Gasteiger partial charge in [-0.25, -0.2) is 0 Å². The van der Waals surface area contributed by atoms with Crippen molar-refractivity contribution in [1.29, 1.82) is 0 Å². The van der Waals surface area contributed by atoms with Gasteiger partial charge in [-0.2, -0.15) is 5.10 Å². The summed E-state index contributed by atoms with van der Waals surface area (Å²) in [5.74, 6) is 0.969. The Bertz CT molecular complexity index is 526. The van der Waals surface area contributed by atoms with Crippen molar-refractivity contribution in [3.63, 3.8) is 0 Å². The van der Waals surface area contributed by atoms with Crippen LogP contribution in [0.2, 0.25) is 0 Å². The molecule has 2 heterocycles. The fraction of sp³-hybridized carbons (Fsp3) is 0.385. The van der Waals surface area contributed by atoms with Crippen LogP contribution < -0.4 is 5.32 Å². The highest BCUT2D eigenvalue weighted by molar-refractivity contribution is 5.93. The van der Waals surface area contributed by atoms with Crippen LogP contribution in [0.5, 0.6) is 0 Å². The number of furan rings is 1. The van der Waals surface area contributed by atoms with Gasteiger partial charge in [0.05, 0.1) is 6.26 Å². The molecule has 0 aliphatic carbocycles. The molecule has 0 radical (unpaired) electrons. The van der Waals surface area contributed by atoms with Crippen molar-refractivity contribution in [2.45, 2.75) is 13.8 Å². The van der Waals surface area contributed by atoms with Crippen molar-refractivity contribution in [2.75, 3.05) is 6.54 Å². The van der Waals surface area contributed by atoms with Crippen molar-refractivity contribution >= 4 is 5.91 Å². The quantitative estimate of drug-likeness (QED) is 0.899. The summed E-state index contributed by atoms with van der Waals surface area (Å²) in [4.78, 5) is 12.0. The zero-order chi connectivity index (χ0) is 13.1. The number of carbonyl (C=O) groups excluding carboxylic acids is 1. The molecule has 0 fully saturated rings. The molecule has 0 spiro atoms. The molecule has 1 N–H and O–H groups in total. The summed E-state index contributed by atoms with van der Waals surface area (Å²) in [5.41, 5.74) is 1.19. The summed E-state index contributed by atoms with van der Waals surface area (Å²) in [5, 5.41) is 7.13. The summed E-state index contributed by atoms with van der Waals surface area (Å²) >= 11 is 0. The third-order valence-electron chi connectivity index (χ3n) is 2.56. The Kier molecular flexibility index (Phi) is 3.50. The molecule has 5 heteroatoms. The SMILES string of the molecule is CC(C)CNC(=O)c1cc(-c2ccco2)nn1C. The maximum atomic E-state index is 12.0. The Morgan fingerprint density at radius 2 is 2.33 bits per heavy atom. The maximum Gasteiger partial charge on any atom is 0.269 e. The summed E-state index contributed by atoms with van der Waals surface area (Å²) in [6, 6.07) is 5.34. The van der Waals surface area contributed by atoms with Gasteiger partial charge in [-0.3, -0.25) is 9.48 Å². The van der Waals surface area contributed by atoms with E-state index in [2.05, 4.69) is 24.3 Å². The van der Waals surface area contributed by atoms with Gasteiger partial charge in [-0.1, -0.05) is 13.8 Å². The lowest BCUT2D eigenvalue weighted by molar-refractivity contribution is 0.0939. The van der Waals surface area contributed by atoms with E-state index in [0.29, 0.717) is 29.6 Å². The van der Waals surface area contributed by atoms with E-state index in [1.54, 1.807) is 30.1 Å². The molecule has 0 unspecified atom stereocenters. The van der Waals surface area contributed by atoms with Crippen LogP contribution >= 0.6 is 0 Å². The lowest BCUT2D eigenvalue weighted by atomic mass is 10.2. The van der Waals surface area contributed by atoms with Crippen molar-refractivity contribution in [2.24, 2.45) is 13.0 Å². The van der Waals surface area contributed by atoms with Gasteiger partial charge >= 0.3 is 0 Å². The van der Waals surface area contributed by atoms with Gasteiger partial charge in [0.2, 0.25) is 0 Å². The van der Waals surface area contributed by atoms with E-state index in [1.807, 2.05) is 6.07 Å². The second kappa shape index (κ2) is 5.08. The summed E-state index contributed by atoms with van der Waals surface area (Å²) in [7, 11) is 1.75. The Morgan fingerprint density at radius 3 is 2.94 bits per heavy atom. The number of amides is 1. The van der Waals surface area contributed by atoms with Gasteiger partial charge in [-0.15, -0.1) is 0 Å². The third-order valence-corrected chi connectivity index (χ3v) is 2.56. The van der Waals surface area contributed by atoms with Crippen LogP contribution in [-0.2, 0) is 7.05 Å². The van der Waals surface area contributed by atoms with E-state index in [9.17, 15) is 4.79 Å². The van der Waals surface area contributed by atoms with E-state index >= 15 is 0 Å². The summed E-state index contributed by atoms with van der Waals surface area (Å²) < 4.78 is 6.82. The predicted molar refractivity (Wildman–Crippen MR) is 68.1 cm³/mol. The number of rotatable bonds is 4. The van der Waals surface area contributed by atoms with Crippen LogP contribution in [0.15, 0.2) is 28.9 Å². The first-order valence-corrected chi connectivity index (χ1v) is 5.94. The summed E-state index contributed by atoms with van der Waals surface area (Å²) in [6.45, 7) is 4.76. The molecular weight excluding hydrogens is 230 g/mol. The van der Waals surface area contributed by atoms with Crippen LogP contribution in [0.25, 0.3) is 11.5 Å². The van der Waals surface area contributed by atoms with Crippen molar-refractivity contribution in [3.8, 4) is 11.5 Å². The van der Waals surface area contributed by atoms with E-state index < -0.39 is 0 Å². The smallest absolute Gasteiger partial charge is 0.269 e. The average molecular weight is 247 g/mol. The zero-order valence-electron chi connectivity index (χ0n) is 10.8. The second-order valence-corrected chi connectivity index (χ2v) is 4.62. The fourth-order valence-electron chi connectivity index (χ4n) is 1.61. The van der Waals surface area contributed by atoms with Crippen LogP contribution in [0.3, 0.4) is 0 Å². The van der Waals surface area contributed by atoms with Crippen molar-refractivity contribution < 1.29 is 9.21 Å². The number of hydrogen-bond acceptors (Lipinski definition) is 3. The minimum atomic E-state index is -0.114. The number of carbonyl (C=O) groups is 1. The van der Waals surface area contributed by atoms with Gasteiger partial charge in [0, 0.05) is 19.7 Å². The van der Waals surface area contributed by atoms with Crippen LogP contribution in [-0.4, -0.2) is 22.2 Å². The van der Waals surface area contributed by atoms with Crippen LogP contribution in [0.4, 0.5) is 0 Å². The van der Waals surface area contributed by atoms with Gasteiger partial charge in [0.15, 0.2) is 5.76 Å². The first-order chi connectivity index (χ1) is 8.58. The third kappa shape index (κ3) is 2.61. The first kappa shape index (κ1) is 12.4. The molecule has 0 saturated heterocycles. The molecule has 0 saturated carbocycles. The molecule has 1 amide bonds. The van der Waals surface area contributed by atoms with E-state index in [0.717, 1.165) is 0 Å². The lowest BCUT2D eigenvalue weighted by Crippen LogP contribution is -2.28. The van der Waals surface area contributed by atoms with E-state index in [1.165, 1.54) is 0 Å². The molecule has 5 nitrogen and oxygen atoms in total. The average Bonchev–Trinajstić information content (AvgIpc) is 2.94. The molecule has 0 aliphatic heterocycles. The predicted octanol–water partition coefficient (Wildman–Crippen LogP) is 2.07. The standard InChI is InChI=1S/C13H17N3O2/c1-9(2)8-14-13(17)11-7-10(15-16(11)3)12-5-4-6-18-12/h4-7,9H,8H2,1-3H3,(H,14,17). The molecular formula is C13H17N3O2. The number of nitrogens with zero attached hydrogens (tertiary/aromatic N) is 2. The van der Waals surface area contributed by atoms with E-state index in [-0.39, 0.29) is 5.91 Å². The molecule has 2 aromatic rings. The number of nitrogens with one attached hydrogen (secondary N) is 1. The van der Waals surface area contributed by atoms with E-state index in [4.69, 9.17) is 4.42 Å². The number of aryl methyl sites for hydroxylation is 1. The largest absolute Gasteiger partial charge is 0.463 e. The Balaban J connectivity index is 2.17. The minimum absolute atomic E-state index is 0.114. The Labute approximate surface area is 106 Å². The minimum Gasteiger partial charge on any atom is -0.463 e. The topological polar surface area (TPSA) is 60.1 Å². The van der Waals surface area contributed by atoms with Crippen LogP contribution in [0, 0.1) is 5.92 Å². The first-order valence-electron chi connectivity index (χ1n) is 5.94. The number of aromatic nitrogens is 2. The second-order valence-electron chi connectivity index (χ2n) is 4.62. The number of hydrogen-bond donors (Lipinski definition) is 1. The maximum absolute atomic E-state index is 12.0. The van der Waals surface area contributed by atoms with Crippen molar-refractivity contribution in [1.82, 2.24) is 15.1 Å². The lowest BCUT2D eigenvalue weighted by Gasteiger charge is -2.06. The molecule has 96 valence electrons. The molecule has 0 atom stereocenters. The normalized spacial score (nSPS) is 10.9. The molecule has 0 aliphatic rings. The van der Waals surface area contributed by atoms with Crippen molar-refractivity contribution in [3.05, 3.63) is 30.2 Å². The fourth-order valence-corrected chi connectivity index (χ4v) is 1.61. The molecule has 2 rings (SSSR count). The van der Waals surface area contributed by atoms with Gasteiger partial charge in [-0.05, 0) is 18.1 Å². The summed E-state index contributed by atoms with van der Waals surface area (Å²) in [6.07, 6.45) is 1.59. The van der Waals surface area contributed by atoms with Gasteiger partial charge in [0.1, 0.15) is 11.4 Å². The highest BCUT2D eigenvalue weighted by atomic mass is 16.3. The monoisotopic (exact) mass is 247 g/mol.